The van der Waals surface area contributed by atoms with E-state index in [1.807, 2.05) is 0 Å². The van der Waals surface area contributed by atoms with Crippen LogP contribution in [0.3, 0.4) is 0 Å². The standard InChI is InChI=1S/C13H17N/c1-2-4-11(5-3-1)8-12-6-7-13(9-12)10-14-13/h1-5,12,14H,6-10H2. The van der Waals surface area contributed by atoms with Gasteiger partial charge in [0, 0.05) is 12.1 Å². The van der Waals surface area contributed by atoms with Crippen LogP contribution >= 0.6 is 0 Å². The molecule has 1 heterocycles. The molecule has 2 fully saturated rings. The van der Waals surface area contributed by atoms with E-state index in [4.69, 9.17) is 0 Å². The van der Waals surface area contributed by atoms with Gasteiger partial charge in [0.2, 0.25) is 0 Å². The average molecular weight is 187 g/mol. The summed E-state index contributed by atoms with van der Waals surface area (Å²) < 4.78 is 0. The maximum absolute atomic E-state index is 3.53. The van der Waals surface area contributed by atoms with Crippen LogP contribution in [0.2, 0.25) is 0 Å². The molecule has 1 saturated carbocycles. The smallest absolute Gasteiger partial charge is 0.0310 e. The van der Waals surface area contributed by atoms with Crippen molar-refractivity contribution in [1.29, 1.82) is 0 Å². The minimum absolute atomic E-state index is 0.597. The average Bonchev–Trinajstić information content (AvgIpc) is 2.84. The summed E-state index contributed by atoms with van der Waals surface area (Å²) in [4.78, 5) is 0. The fourth-order valence-corrected chi connectivity index (χ4v) is 2.80. The first-order chi connectivity index (χ1) is 6.86. The van der Waals surface area contributed by atoms with E-state index in [0.29, 0.717) is 5.54 Å². The minimum atomic E-state index is 0.597. The predicted octanol–water partition coefficient (Wildman–Crippen LogP) is 2.37. The molecule has 0 aromatic heterocycles. The largest absolute Gasteiger partial charge is 0.308 e. The second-order valence-corrected chi connectivity index (χ2v) is 4.93. The molecule has 3 rings (SSSR count). The fourth-order valence-electron chi connectivity index (χ4n) is 2.80. The van der Waals surface area contributed by atoms with Crippen molar-refractivity contribution >= 4 is 0 Å². The van der Waals surface area contributed by atoms with E-state index >= 15 is 0 Å². The van der Waals surface area contributed by atoms with Gasteiger partial charge in [-0.15, -0.1) is 0 Å². The van der Waals surface area contributed by atoms with Gasteiger partial charge in [0.1, 0.15) is 0 Å². The summed E-state index contributed by atoms with van der Waals surface area (Å²) in [5.74, 6) is 0.924. The minimum Gasteiger partial charge on any atom is -0.308 e. The molecule has 0 bridgehead atoms. The topological polar surface area (TPSA) is 21.9 Å². The summed E-state index contributed by atoms with van der Waals surface area (Å²) in [6, 6.07) is 10.9. The van der Waals surface area contributed by atoms with E-state index in [0.717, 1.165) is 5.92 Å². The summed E-state index contributed by atoms with van der Waals surface area (Å²) in [5.41, 5.74) is 2.11. The van der Waals surface area contributed by atoms with Crippen molar-refractivity contribution in [3.8, 4) is 0 Å². The van der Waals surface area contributed by atoms with Crippen LogP contribution in [0.25, 0.3) is 0 Å². The van der Waals surface area contributed by atoms with E-state index in [9.17, 15) is 0 Å². The highest BCUT2D eigenvalue weighted by Crippen LogP contribution is 2.41. The molecular weight excluding hydrogens is 170 g/mol. The van der Waals surface area contributed by atoms with Crippen LogP contribution < -0.4 is 5.32 Å². The molecule has 1 aromatic rings. The molecule has 74 valence electrons. The number of hydrogen-bond donors (Lipinski definition) is 1. The monoisotopic (exact) mass is 187 g/mol. The first kappa shape index (κ1) is 8.49. The van der Waals surface area contributed by atoms with Crippen LogP contribution in [-0.2, 0) is 6.42 Å². The van der Waals surface area contributed by atoms with Gasteiger partial charge in [-0.1, -0.05) is 30.3 Å². The molecule has 0 amide bonds. The number of hydrogen-bond acceptors (Lipinski definition) is 1. The van der Waals surface area contributed by atoms with Crippen molar-refractivity contribution in [2.45, 2.75) is 31.2 Å². The highest BCUT2D eigenvalue weighted by molar-refractivity contribution is 5.17. The molecule has 1 aliphatic heterocycles. The molecule has 2 atom stereocenters. The van der Waals surface area contributed by atoms with Crippen LogP contribution in [0.4, 0.5) is 0 Å². The molecule has 1 spiro atoms. The molecule has 1 N–H and O–H groups in total. The highest BCUT2D eigenvalue weighted by atomic mass is 15.2. The Morgan fingerprint density at radius 2 is 2.07 bits per heavy atom. The van der Waals surface area contributed by atoms with Crippen LogP contribution in [0.1, 0.15) is 24.8 Å². The van der Waals surface area contributed by atoms with Gasteiger partial charge < -0.3 is 5.32 Å². The second-order valence-electron chi connectivity index (χ2n) is 4.93. The number of rotatable bonds is 2. The first-order valence-electron chi connectivity index (χ1n) is 5.65. The van der Waals surface area contributed by atoms with Crippen molar-refractivity contribution in [3.63, 3.8) is 0 Å². The highest BCUT2D eigenvalue weighted by Gasteiger charge is 2.47. The van der Waals surface area contributed by atoms with E-state index < -0.39 is 0 Å². The zero-order chi connectivity index (χ0) is 9.43. The molecule has 14 heavy (non-hydrogen) atoms. The molecule has 0 radical (unpaired) electrons. The van der Waals surface area contributed by atoms with E-state index in [2.05, 4.69) is 35.6 Å². The van der Waals surface area contributed by atoms with Gasteiger partial charge in [-0.3, -0.25) is 0 Å². The molecule has 1 saturated heterocycles. The zero-order valence-electron chi connectivity index (χ0n) is 8.50. The van der Waals surface area contributed by atoms with Crippen LogP contribution in [0.15, 0.2) is 30.3 Å². The Morgan fingerprint density at radius 3 is 2.71 bits per heavy atom. The van der Waals surface area contributed by atoms with Crippen LogP contribution in [0.5, 0.6) is 0 Å². The Bertz CT molecular complexity index is 313. The van der Waals surface area contributed by atoms with Crippen molar-refractivity contribution in [2.75, 3.05) is 6.54 Å². The SMILES string of the molecule is c1ccc(CC2CCC3(CN3)C2)cc1. The van der Waals surface area contributed by atoms with Gasteiger partial charge in [-0.25, -0.2) is 0 Å². The Kier molecular flexibility index (Phi) is 1.88. The van der Waals surface area contributed by atoms with Gasteiger partial charge in [0.25, 0.3) is 0 Å². The lowest BCUT2D eigenvalue weighted by Gasteiger charge is -2.09. The summed E-state index contributed by atoms with van der Waals surface area (Å²) in [5, 5.41) is 3.53. The van der Waals surface area contributed by atoms with Gasteiger partial charge in [-0.2, -0.15) is 0 Å². The summed E-state index contributed by atoms with van der Waals surface area (Å²) in [6.45, 7) is 1.28. The quantitative estimate of drug-likeness (QED) is 0.705. The Hall–Kier alpha value is -0.820. The van der Waals surface area contributed by atoms with Crippen molar-refractivity contribution < 1.29 is 0 Å². The van der Waals surface area contributed by atoms with Gasteiger partial charge >= 0.3 is 0 Å². The maximum atomic E-state index is 3.53. The summed E-state index contributed by atoms with van der Waals surface area (Å²) in [7, 11) is 0. The van der Waals surface area contributed by atoms with Crippen molar-refractivity contribution in [2.24, 2.45) is 5.92 Å². The Morgan fingerprint density at radius 1 is 1.29 bits per heavy atom. The third-order valence-corrected chi connectivity index (χ3v) is 3.75. The lowest BCUT2D eigenvalue weighted by molar-refractivity contribution is 0.526. The Balaban J connectivity index is 1.63. The third kappa shape index (κ3) is 1.57. The van der Waals surface area contributed by atoms with E-state index in [-0.39, 0.29) is 0 Å². The summed E-state index contributed by atoms with van der Waals surface area (Å²) in [6.07, 6.45) is 5.51. The molecule has 1 aliphatic carbocycles. The van der Waals surface area contributed by atoms with Gasteiger partial charge in [-0.05, 0) is 37.2 Å². The molecule has 1 aromatic carbocycles. The lowest BCUT2D eigenvalue weighted by Crippen LogP contribution is -2.10. The van der Waals surface area contributed by atoms with Gasteiger partial charge in [0.05, 0.1) is 0 Å². The second kappa shape index (κ2) is 3.09. The van der Waals surface area contributed by atoms with E-state index in [1.54, 1.807) is 0 Å². The number of benzene rings is 1. The van der Waals surface area contributed by atoms with Crippen molar-refractivity contribution in [1.82, 2.24) is 5.32 Å². The first-order valence-corrected chi connectivity index (χ1v) is 5.65. The predicted molar refractivity (Wildman–Crippen MR) is 58.2 cm³/mol. The van der Waals surface area contributed by atoms with Crippen molar-refractivity contribution in [3.05, 3.63) is 35.9 Å². The zero-order valence-corrected chi connectivity index (χ0v) is 8.50. The molecule has 2 aliphatic rings. The fraction of sp³-hybridized carbons (Fsp3) is 0.538. The van der Waals surface area contributed by atoms with Crippen LogP contribution in [-0.4, -0.2) is 12.1 Å². The normalized spacial score (nSPS) is 35.0. The molecular formula is C13H17N. The lowest BCUT2D eigenvalue weighted by atomic mass is 9.97. The Labute approximate surface area is 85.5 Å². The van der Waals surface area contributed by atoms with E-state index in [1.165, 1.54) is 37.8 Å². The van der Waals surface area contributed by atoms with Gasteiger partial charge in [0.15, 0.2) is 0 Å². The molecule has 1 nitrogen and oxygen atoms in total. The summed E-state index contributed by atoms with van der Waals surface area (Å²) >= 11 is 0. The van der Waals surface area contributed by atoms with Crippen LogP contribution in [0, 0.1) is 5.92 Å². The number of nitrogens with one attached hydrogen (secondary N) is 1. The third-order valence-electron chi connectivity index (χ3n) is 3.75. The maximum Gasteiger partial charge on any atom is 0.0310 e. The molecule has 1 heteroatoms. The molecule has 2 unspecified atom stereocenters.